The molecule has 3 heteroatoms. The molecule has 3 nitrogen and oxygen atoms in total. The molecule has 1 amide bonds. The van der Waals surface area contributed by atoms with Crippen LogP contribution in [0.1, 0.15) is 25.3 Å². The number of fused-ring (bicyclic) bond motifs is 1. The molecular weight excluding hydrogens is 260 g/mol. The molecule has 3 rings (SSSR count). The summed E-state index contributed by atoms with van der Waals surface area (Å²) in [6.07, 6.45) is 2.74. The maximum atomic E-state index is 12.4. The maximum Gasteiger partial charge on any atom is 0.224 e. The van der Waals surface area contributed by atoms with Gasteiger partial charge in [-0.1, -0.05) is 42.5 Å². The molecule has 1 atom stereocenters. The summed E-state index contributed by atoms with van der Waals surface area (Å²) in [5, 5.41) is 5.48. The van der Waals surface area contributed by atoms with Crippen molar-refractivity contribution in [2.45, 2.75) is 31.7 Å². The normalized spacial score (nSPS) is 17.4. The van der Waals surface area contributed by atoms with Crippen molar-refractivity contribution in [2.24, 2.45) is 11.7 Å². The number of rotatable bonds is 5. The zero-order valence-electron chi connectivity index (χ0n) is 12.4. The number of carbonyl (C=O) groups is 1. The molecule has 1 unspecified atom stereocenters. The Labute approximate surface area is 125 Å². The van der Waals surface area contributed by atoms with E-state index in [-0.39, 0.29) is 11.4 Å². The van der Waals surface area contributed by atoms with Gasteiger partial charge < -0.3 is 11.1 Å². The first-order valence-corrected chi connectivity index (χ1v) is 7.60. The van der Waals surface area contributed by atoms with E-state index in [9.17, 15) is 4.79 Å². The number of hydrogen-bond acceptors (Lipinski definition) is 2. The third kappa shape index (κ3) is 2.93. The van der Waals surface area contributed by atoms with E-state index in [4.69, 9.17) is 5.73 Å². The van der Waals surface area contributed by atoms with Crippen LogP contribution in [-0.2, 0) is 11.2 Å². The third-order valence-corrected chi connectivity index (χ3v) is 4.56. The van der Waals surface area contributed by atoms with Crippen LogP contribution >= 0.6 is 0 Å². The van der Waals surface area contributed by atoms with E-state index in [1.165, 1.54) is 18.2 Å². The van der Waals surface area contributed by atoms with Crippen molar-refractivity contribution < 1.29 is 4.79 Å². The molecule has 0 spiro atoms. The molecule has 0 aromatic heterocycles. The Morgan fingerprint density at radius 2 is 1.95 bits per heavy atom. The average molecular weight is 282 g/mol. The Kier molecular flexibility index (Phi) is 3.68. The number of benzene rings is 2. The van der Waals surface area contributed by atoms with Crippen molar-refractivity contribution in [1.82, 2.24) is 5.32 Å². The molecule has 0 radical (unpaired) electrons. The minimum atomic E-state index is -0.248. The summed E-state index contributed by atoms with van der Waals surface area (Å²) < 4.78 is 0. The first-order valence-electron chi connectivity index (χ1n) is 7.60. The lowest BCUT2D eigenvalue weighted by Crippen LogP contribution is -2.53. The highest BCUT2D eigenvalue weighted by Gasteiger charge is 2.41. The monoisotopic (exact) mass is 282 g/mol. The lowest BCUT2D eigenvalue weighted by atomic mass is 9.95. The topological polar surface area (TPSA) is 55.1 Å². The zero-order valence-corrected chi connectivity index (χ0v) is 12.4. The van der Waals surface area contributed by atoms with Crippen molar-refractivity contribution in [3.63, 3.8) is 0 Å². The standard InChI is InChI=1S/C18H22N2O/c1-18(12-19,15-9-10-15)20-17(21)11-14-7-4-6-13-5-2-3-8-16(13)14/h2-8,15H,9-12,19H2,1H3,(H,20,21). The fraction of sp³-hybridized carbons (Fsp3) is 0.389. The number of hydrogen-bond donors (Lipinski definition) is 2. The highest BCUT2D eigenvalue weighted by atomic mass is 16.1. The summed E-state index contributed by atoms with van der Waals surface area (Å²) in [6, 6.07) is 14.3. The minimum absolute atomic E-state index is 0.0613. The van der Waals surface area contributed by atoms with Gasteiger partial charge in [0.25, 0.3) is 0 Å². The van der Waals surface area contributed by atoms with Crippen molar-refractivity contribution in [3.8, 4) is 0 Å². The summed E-state index contributed by atoms with van der Waals surface area (Å²) in [7, 11) is 0. The van der Waals surface area contributed by atoms with E-state index in [1.54, 1.807) is 0 Å². The van der Waals surface area contributed by atoms with Crippen LogP contribution in [0.25, 0.3) is 10.8 Å². The van der Waals surface area contributed by atoms with Crippen molar-refractivity contribution in [2.75, 3.05) is 6.54 Å². The van der Waals surface area contributed by atoms with Gasteiger partial charge in [0.05, 0.1) is 12.0 Å². The Hall–Kier alpha value is -1.87. The number of nitrogens with one attached hydrogen (secondary N) is 1. The van der Waals surface area contributed by atoms with E-state index >= 15 is 0 Å². The predicted octanol–water partition coefficient (Wildman–Crippen LogP) is 2.63. The zero-order chi connectivity index (χ0) is 14.9. The quantitative estimate of drug-likeness (QED) is 0.885. The molecule has 0 aliphatic heterocycles. The molecule has 2 aromatic rings. The summed E-state index contributed by atoms with van der Waals surface area (Å²) in [6.45, 7) is 2.56. The molecule has 110 valence electrons. The van der Waals surface area contributed by atoms with Crippen LogP contribution < -0.4 is 11.1 Å². The van der Waals surface area contributed by atoms with E-state index in [0.717, 1.165) is 10.9 Å². The van der Waals surface area contributed by atoms with Gasteiger partial charge in [-0.3, -0.25) is 4.79 Å². The molecule has 0 bridgehead atoms. The second-order valence-electron chi connectivity index (χ2n) is 6.26. The van der Waals surface area contributed by atoms with Gasteiger partial charge in [-0.2, -0.15) is 0 Å². The minimum Gasteiger partial charge on any atom is -0.349 e. The van der Waals surface area contributed by atoms with Gasteiger partial charge in [0.15, 0.2) is 0 Å². The SMILES string of the molecule is CC(CN)(NC(=O)Cc1cccc2ccccc12)C1CC1. The van der Waals surface area contributed by atoms with Crippen LogP contribution in [0.15, 0.2) is 42.5 Å². The van der Waals surface area contributed by atoms with Crippen LogP contribution in [0.5, 0.6) is 0 Å². The number of amides is 1. The summed E-state index contributed by atoms with van der Waals surface area (Å²) in [5.74, 6) is 0.602. The van der Waals surface area contributed by atoms with Gasteiger partial charge in [0.1, 0.15) is 0 Å². The largest absolute Gasteiger partial charge is 0.349 e. The van der Waals surface area contributed by atoms with Gasteiger partial charge in [-0.15, -0.1) is 0 Å². The van der Waals surface area contributed by atoms with Gasteiger partial charge in [0, 0.05) is 6.54 Å². The van der Waals surface area contributed by atoms with Gasteiger partial charge in [-0.05, 0) is 42.0 Å². The van der Waals surface area contributed by atoms with Crippen molar-refractivity contribution in [3.05, 3.63) is 48.0 Å². The summed E-state index contributed by atoms with van der Waals surface area (Å²) in [5.41, 5.74) is 6.69. The van der Waals surface area contributed by atoms with E-state index in [0.29, 0.717) is 18.9 Å². The fourth-order valence-electron chi connectivity index (χ4n) is 3.02. The second-order valence-corrected chi connectivity index (χ2v) is 6.26. The highest BCUT2D eigenvalue weighted by Crippen LogP contribution is 2.39. The Balaban J connectivity index is 1.77. The maximum absolute atomic E-state index is 12.4. The average Bonchev–Trinajstić information content (AvgIpc) is 3.32. The van der Waals surface area contributed by atoms with E-state index < -0.39 is 0 Å². The Bertz CT molecular complexity index is 658. The molecule has 2 aromatic carbocycles. The van der Waals surface area contributed by atoms with Crippen molar-refractivity contribution in [1.29, 1.82) is 0 Å². The smallest absolute Gasteiger partial charge is 0.224 e. The molecule has 1 saturated carbocycles. The molecule has 1 fully saturated rings. The van der Waals surface area contributed by atoms with E-state index in [1.807, 2.05) is 24.3 Å². The van der Waals surface area contributed by atoms with Gasteiger partial charge >= 0.3 is 0 Å². The van der Waals surface area contributed by atoms with Gasteiger partial charge in [-0.25, -0.2) is 0 Å². The first-order chi connectivity index (χ1) is 10.1. The summed E-state index contributed by atoms with van der Waals surface area (Å²) >= 11 is 0. The molecule has 1 aliphatic rings. The Morgan fingerprint density at radius 1 is 1.24 bits per heavy atom. The van der Waals surface area contributed by atoms with Crippen LogP contribution in [0.3, 0.4) is 0 Å². The number of nitrogens with two attached hydrogens (primary N) is 1. The highest BCUT2D eigenvalue weighted by molar-refractivity contribution is 5.90. The fourth-order valence-corrected chi connectivity index (χ4v) is 3.02. The first kappa shape index (κ1) is 14.1. The van der Waals surface area contributed by atoms with Crippen LogP contribution in [0, 0.1) is 5.92 Å². The van der Waals surface area contributed by atoms with Crippen LogP contribution in [-0.4, -0.2) is 18.0 Å². The lowest BCUT2D eigenvalue weighted by molar-refractivity contribution is -0.122. The van der Waals surface area contributed by atoms with Crippen LogP contribution in [0.2, 0.25) is 0 Å². The third-order valence-electron chi connectivity index (χ3n) is 4.56. The molecule has 0 heterocycles. The van der Waals surface area contributed by atoms with E-state index in [2.05, 4.69) is 30.4 Å². The van der Waals surface area contributed by atoms with Gasteiger partial charge in [0.2, 0.25) is 5.91 Å². The molecule has 0 saturated heterocycles. The molecular formula is C18H22N2O. The second kappa shape index (κ2) is 5.49. The summed E-state index contributed by atoms with van der Waals surface area (Å²) in [4.78, 5) is 12.4. The molecule has 3 N–H and O–H groups in total. The molecule has 1 aliphatic carbocycles. The number of carbonyl (C=O) groups excluding carboxylic acids is 1. The Morgan fingerprint density at radius 3 is 2.67 bits per heavy atom. The predicted molar refractivity (Wildman–Crippen MR) is 86.0 cm³/mol. The van der Waals surface area contributed by atoms with Crippen LogP contribution in [0.4, 0.5) is 0 Å². The lowest BCUT2D eigenvalue weighted by Gasteiger charge is -2.29. The molecule has 21 heavy (non-hydrogen) atoms. The van der Waals surface area contributed by atoms with Crippen molar-refractivity contribution >= 4 is 16.7 Å².